The molecule has 1 nitrogen and oxygen atoms in total. The van der Waals surface area contributed by atoms with Gasteiger partial charge >= 0.3 is 0 Å². The Morgan fingerprint density at radius 2 is 1.90 bits per heavy atom. The fourth-order valence-corrected chi connectivity index (χ4v) is 5.11. The van der Waals surface area contributed by atoms with Gasteiger partial charge in [0.1, 0.15) is 0 Å². The fraction of sp³-hybridized carbons (Fsp3) is 0.684. The van der Waals surface area contributed by atoms with E-state index in [-0.39, 0.29) is 0 Å². The number of hydrogen-bond acceptors (Lipinski definition) is 1. The highest BCUT2D eigenvalue weighted by Crippen LogP contribution is 2.62. The Hall–Kier alpha value is -0.340. The molecule has 2 heteroatoms. The van der Waals surface area contributed by atoms with Crippen molar-refractivity contribution in [3.8, 4) is 0 Å². The maximum atomic E-state index is 3.74. The van der Waals surface area contributed by atoms with Crippen LogP contribution in [0, 0.1) is 11.3 Å². The molecular weight excluding hydrogens is 322 g/mol. The second kappa shape index (κ2) is 6.04. The van der Waals surface area contributed by atoms with Gasteiger partial charge < -0.3 is 5.32 Å². The second-order valence-electron chi connectivity index (χ2n) is 7.88. The third-order valence-corrected chi connectivity index (χ3v) is 6.04. The first-order valence-electron chi connectivity index (χ1n) is 8.51. The molecule has 0 bridgehead atoms. The van der Waals surface area contributed by atoms with E-state index < -0.39 is 0 Å². The van der Waals surface area contributed by atoms with Crippen LogP contribution in [0.25, 0.3) is 0 Å². The zero-order valence-electron chi connectivity index (χ0n) is 13.4. The molecule has 0 amide bonds. The van der Waals surface area contributed by atoms with Crippen molar-refractivity contribution < 1.29 is 0 Å². The van der Waals surface area contributed by atoms with Crippen molar-refractivity contribution >= 4 is 15.9 Å². The van der Waals surface area contributed by atoms with Crippen LogP contribution in [0.3, 0.4) is 0 Å². The van der Waals surface area contributed by atoms with Gasteiger partial charge in [0.25, 0.3) is 0 Å². The minimum atomic E-state index is 0.378. The van der Waals surface area contributed by atoms with Crippen LogP contribution in [0.1, 0.15) is 57.9 Å². The van der Waals surface area contributed by atoms with Gasteiger partial charge in [-0.05, 0) is 61.3 Å². The van der Waals surface area contributed by atoms with E-state index in [2.05, 4.69) is 59.4 Å². The van der Waals surface area contributed by atoms with Crippen LogP contribution in [0.2, 0.25) is 0 Å². The first-order chi connectivity index (χ1) is 10.0. The zero-order chi connectivity index (χ0) is 14.9. The maximum absolute atomic E-state index is 3.74. The molecular formula is C19H28BrN. The van der Waals surface area contributed by atoms with Gasteiger partial charge in [0, 0.05) is 16.4 Å². The highest BCUT2D eigenvalue weighted by Gasteiger charge is 2.55. The summed E-state index contributed by atoms with van der Waals surface area (Å²) in [6, 6.07) is 9.02. The lowest BCUT2D eigenvalue weighted by Crippen LogP contribution is -2.54. The normalized spacial score (nSPS) is 22.7. The Labute approximate surface area is 138 Å². The zero-order valence-corrected chi connectivity index (χ0v) is 15.0. The first kappa shape index (κ1) is 15.6. The smallest absolute Gasteiger partial charge is 0.0178 e. The number of benzene rings is 1. The van der Waals surface area contributed by atoms with Crippen LogP contribution >= 0.6 is 15.9 Å². The molecule has 1 N–H and O–H groups in total. The third kappa shape index (κ3) is 3.22. The van der Waals surface area contributed by atoms with Gasteiger partial charge in [-0.3, -0.25) is 0 Å². The van der Waals surface area contributed by atoms with E-state index in [1.54, 1.807) is 0 Å². The topological polar surface area (TPSA) is 12.0 Å². The quantitative estimate of drug-likeness (QED) is 0.761. The molecule has 2 fully saturated rings. The summed E-state index contributed by atoms with van der Waals surface area (Å²) >= 11 is 3.65. The standard InChI is InChI=1S/C19H28BrN/c1-15(2)11-21-14-19(16-6-5-7-17(20)10-16)12-18(13-19)8-3-4-9-18/h5-7,10,15,21H,3-4,8-9,11-14H2,1-2H3. The summed E-state index contributed by atoms with van der Waals surface area (Å²) in [7, 11) is 0. The summed E-state index contributed by atoms with van der Waals surface area (Å²) in [6.45, 7) is 6.85. The van der Waals surface area contributed by atoms with Crippen molar-refractivity contribution in [3.63, 3.8) is 0 Å². The SMILES string of the molecule is CC(C)CNCC1(c2cccc(Br)c2)CC2(CCCC2)C1. The number of hydrogen-bond donors (Lipinski definition) is 1. The van der Waals surface area contributed by atoms with Gasteiger partial charge in [0.15, 0.2) is 0 Å². The Morgan fingerprint density at radius 1 is 1.19 bits per heavy atom. The van der Waals surface area contributed by atoms with Gasteiger partial charge in [-0.1, -0.05) is 54.8 Å². The van der Waals surface area contributed by atoms with Crippen molar-refractivity contribution in [2.24, 2.45) is 11.3 Å². The van der Waals surface area contributed by atoms with Crippen LogP contribution in [0.4, 0.5) is 0 Å². The minimum Gasteiger partial charge on any atom is -0.316 e. The monoisotopic (exact) mass is 349 g/mol. The van der Waals surface area contributed by atoms with Crippen LogP contribution in [0.5, 0.6) is 0 Å². The molecule has 116 valence electrons. The van der Waals surface area contributed by atoms with E-state index in [4.69, 9.17) is 0 Å². The lowest BCUT2D eigenvalue weighted by Gasteiger charge is -2.56. The lowest BCUT2D eigenvalue weighted by atomic mass is 9.49. The molecule has 1 aromatic carbocycles. The van der Waals surface area contributed by atoms with E-state index >= 15 is 0 Å². The van der Waals surface area contributed by atoms with Gasteiger partial charge in [0.2, 0.25) is 0 Å². The molecule has 2 saturated carbocycles. The molecule has 1 spiro atoms. The highest BCUT2D eigenvalue weighted by molar-refractivity contribution is 9.10. The van der Waals surface area contributed by atoms with E-state index in [9.17, 15) is 0 Å². The highest BCUT2D eigenvalue weighted by atomic mass is 79.9. The van der Waals surface area contributed by atoms with E-state index in [1.807, 2.05) is 0 Å². The van der Waals surface area contributed by atoms with E-state index in [1.165, 1.54) is 48.6 Å². The molecule has 1 aromatic rings. The molecule has 0 atom stereocenters. The van der Waals surface area contributed by atoms with Crippen LogP contribution in [-0.4, -0.2) is 13.1 Å². The van der Waals surface area contributed by atoms with E-state index in [0.29, 0.717) is 10.8 Å². The number of halogens is 1. The first-order valence-corrected chi connectivity index (χ1v) is 9.30. The second-order valence-corrected chi connectivity index (χ2v) is 8.79. The Balaban J connectivity index is 1.76. The predicted molar refractivity (Wildman–Crippen MR) is 93.7 cm³/mol. The van der Waals surface area contributed by atoms with Crippen LogP contribution < -0.4 is 5.32 Å². The molecule has 21 heavy (non-hydrogen) atoms. The van der Waals surface area contributed by atoms with Crippen molar-refractivity contribution in [3.05, 3.63) is 34.3 Å². The van der Waals surface area contributed by atoms with Crippen molar-refractivity contribution in [2.45, 2.75) is 57.8 Å². The molecule has 2 aliphatic rings. The molecule has 0 unspecified atom stereocenters. The predicted octanol–water partition coefficient (Wildman–Crippen LogP) is 5.29. The van der Waals surface area contributed by atoms with Crippen molar-refractivity contribution in [1.82, 2.24) is 5.32 Å². The van der Waals surface area contributed by atoms with Crippen LogP contribution in [-0.2, 0) is 5.41 Å². The molecule has 2 aliphatic carbocycles. The van der Waals surface area contributed by atoms with E-state index in [0.717, 1.165) is 19.0 Å². The Kier molecular flexibility index (Phi) is 4.47. The minimum absolute atomic E-state index is 0.378. The number of nitrogens with one attached hydrogen (secondary N) is 1. The Morgan fingerprint density at radius 3 is 2.52 bits per heavy atom. The summed E-state index contributed by atoms with van der Waals surface area (Å²) < 4.78 is 1.22. The molecule has 0 heterocycles. The van der Waals surface area contributed by atoms with Gasteiger partial charge in [-0.25, -0.2) is 0 Å². The maximum Gasteiger partial charge on any atom is 0.0178 e. The van der Waals surface area contributed by atoms with Crippen molar-refractivity contribution in [2.75, 3.05) is 13.1 Å². The average Bonchev–Trinajstić information content (AvgIpc) is 2.86. The number of rotatable bonds is 5. The van der Waals surface area contributed by atoms with Gasteiger partial charge in [-0.2, -0.15) is 0 Å². The third-order valence-electron chi connectivity index (χ3n) is 5.54. The lowest BCUT2D eigenvalue weighted by molar-refractivity contribution is 0.0266. The summed E-state index contributed by atoms with van der Waals surface area (Å²) in [5, 5.41) is 3.74. The van der Waals surface area contributed by atoms with Crippen molar-refractivity contribution in [1.29, 1.82) is 0 Å². The van der Waals surface area contributed by atoms with Gasteiger partial charge in [0.05, 0.1) is 0 Å². The molecule has 0 aromatic heterocycles. The fourth-order valence-electron chi connectivity index (χ4n) is 4.71. The molecule has 0 saturated heterocycles. The molecule has 0 radical (unpaired) electrons. The largest absolute Gasteiger partial charge is 0.316 e. The summed E-state index contributed by atoms with van der Waals surface area (Å²) in [4.78, 5) is 0. The van der Waals surface area contributed by atoms with Gasteiger partial charge in [-0.15, -0.1) is 0 Å². The molecule has 0 aliphatic heterocycles. The Bertz CT molecular complexity index is 480. The molecule has 3 rings (SSSR count). The van der Waals surface area contributed by atoms with Crippen LogP contribution in [0.15, 0.2) is 28.7 Å². The summed E-state index contributed by atoms with van der Waals surface area (Å²) in [6.07, 6.45) is 8.62. The average molecular weight is 350 g/mol. The summed E-state index contributed by atoms with van der Waals surface area (Å²) in [5.41, 5.74) is 2.59. The summed E-state index contributed by atoms with van der Waals surface area (Å²) in [5.74, 6) is 0.727.